The number of hydrogen-bond donors (Lipinski definition) is 1. The number of nitrogens with zero attached hydrogens (tertiary/aromatic N) is 2. The maximum absolute atomic E-state index is 9.64. The minimum absolute atomic E-state index is 0.0936. The van der Waals surface area contributed by atoms with Crippen LogP contribution in [0.2, 0.25) is 0 Å². The summed E-state index contributed by atoms with van der Waals surface area (Å²) in [7, 11) is 2.02. The fraction of sp³-hybridized carbons (Fsp3) is 0.769. The van der Waals surface area contributed by atoms with Gasteiger partial charge >= 0.3 is 0 Å². The van der Waals surface area contributed by atoms with Crippen LogP contribution in [0.25, 0.3) is 0 Å². The molecule has 0 aromatic carbocycles. The molecule has 3 nitrogen and oxygen atoms in total. The van der Waals surface area contributed by atoms with E-state index in [0.717, 1.165) is 32.1 Å². The summed E-state index contributed by atoms with van der Waals surface area (Å²) in [5.41, 5.74) is 2.73. The molecule has 90 valence electrons. The van der Waals surface area contributed by atoms with Gasteiger partial charge in [-0.3, -0.25) is 4.68 Å². The van der Waals surface area contributed by atoms with Gasteiger partial charge in [-0.15, -0.1) is 0 Å². The second-order valence-electron chi connectivity index (χ2n) is 5.49. The molecule has 0 saturated heterocycles. The molecule has 1 aliphatic carbocycles. The molecule has 0 amide bonds. The number of aromatic nitrogens is 2. The standard InChI is InChI=1S/C13H22N2O/c1-4-10-7-11(15(3)14-10)8-13(2)6-5-12(16)9-13/h7,12,16H,4-6,8-9H2,1-3H3. The van der Waals surface area contributed by atoms with Crippen molar-refractivity contribution in [3.05, 3.63) is 17.5 Å². The first kappa shape index (κ1) is 11.6. The van der Waals surface area contributed by atoms with Crippen molar-refractivity contribution in [1.82, 2.24) is 9.78 Å². The van der Waals surface area contributed by atoms with Crippen molar-refractivity contribution in [1.29, 1.82) is 0 Å². The third-order valence-corrected chi connectivity index (χ3v) is 3.81. The zero-order valence-electron chi connectivity index (χ0n) is 10.5. The SMILES string of the molecule is CCc1cc(CC2(C)CCC(O)C2)n(C)n1. The minimum atomic E-state index is -0.0936. The maximum atomic E-state index is 9.64. The topological polar surface area (TPSA) is 38.0 Å². The van der Waals surface area contributed by atoms with Crippen LogP contribution in [0, 0.1) is 5.41 Å². The van der Waals surface area contributed by atoms with Gasteiger partial charge in [0, 0.05) is 12.7 Å². The fourth-order valence-electron chi connectivity index (χ4n) is 2.80. The highest BCUT2D eigenvalue weighted by Gasteiger charge is 2.34. The van der Waals surface area contributed by atoms with Crippen molar-refractivity contribution in [2.24, 2.45) is 12.5 Å². The Bertz CT molecular complexity index is 372. The van der Waals surface area contributed by atoms with Crippen LogP contribution >= 0.6 is 0 Å². The van der Waals surface area contributed by atoms with Crippen molar-refractivity contribution >= 4 is 0 Å². The van der Waals surface area contributed by atoms with Crippen LogP contribution in [-0.2, 0) is 19.9 Å². The Morgan fingerprint density at radius 2 is 2.38 bits per heavy atom. The van der Waals surface area contributed by atoms with E-state index in [9.17, 15) is 5.11 Å². The van der Waals surface area contributed by atoms with Gasteiger partial charge in [-0.25, -0.2) is 0 Å². The molecule has 1 fully saturated rings. The number of hydrogen-bond acceptors (Lipinski definition) is 2. The van der Waals surface area contributed by atoms with E-state index >= 15 is 0 Å². The zero-order chi connectivity index (χ0) is 11.8. The molecule has 3 heteroatoms. The number of aliphatic hydroxyl groups is 1. The van der Waals surface area contributed by atoms with Crippen LogP contribution in [0.1, 0.15) is 44.5 Å². The average Bonchev–Trinajstić information content (AvgIpc) is 2.72. The van der Waals surface area contributed by atoms with Crippen LogP contribution in [0.5, 0.6) is 0 Å². The lowest BCUT2D eigenvalue weighted by molar-refractivity contribution is 0.163. The van der Waals surface area contributed by atoms with Gasteiger partial charge in [-0.05, 0) is 43.6 Å². The van der Waals surface area contributed by atoms with E-state index in [4.69, 9.17) is 0 Å². The molecule has 0 aliphatic heterocycles. The maximum Gasteiger partial charge on any atom is 0.0624 e. The van der Waals surface area contributed by atoms with E-state index in [0.29, 0.717) is 0 Å². The smallest absolute Gasteiger partial charge is 0.0624 e. The zero-order valence-corrected chi connectivity index (χ0v) is 10.5. The normalized spacial score (nSPS) is 29.9. The van der Waals surface area contributed by atoms with E-state index in [1.54, 1.807) is 0 Å². The molecule has 0 bridgehead atoms. The highest BCUT2D eigenvalue weighted by molar-refractivity contribution is 5.12. The third kappa shape index (κ3) is 2.29. The van der Waals surface area contributed by atoms with E-state index in [1.165, 1.54) is 11.4 Å². The highest BCUT2D eigenvalue weighted by Crippen LogP contribution is 2.40. The summed E-state index contributed by atoms with van der Waals surface area (Å²) in [4.78, 5) is 0. The Morgan fingerprint density at radius 3 is 2.88 bits per heavy atom. The van der Waals surface area contributed by atoms with E-state index in [-0.39, 0.29) is 11.5 Å². The monoisotopic (exact) mass is 222 g/mol. The molecular weight excluding hydrogens is 200 g/mol. The summed E-state index contributed by atoms with van der Waals surface area (Å²) in [5, 5.41) is 14.1. The van der Waals surface area contributed by atoms with Crippen LogP contribution in [0.3, 0.4) is 0 Å². The lowest BCUT2D eigenvalue weighted by Crippen LogP contribution is -2.18. The number of rotatable bonds is 3. The molecule has 1 aromatic heterocycles. The second kappa shape index (κ2) is 4.21. The van der Waals surface area contributed by atoms with Crippen LogP contribution in [0.4, 0.5) is 0 Å². The molecule has 0 spiro atoms. The van der Waals surface area contributed by atoms with Gasteiger partial charge in [0.2, 0.25) is 0 Å². The molecule has 2 atom stereocenters. The van der Waals surface area contributed by atoms with Gasteiger partial charge in [-0.1, -0.05) is 13.8 Å². The summed E-state index contributed by atoms with van der Waals surface area (Å²) in [6.07, 6.45) is 4.94. The summed E-state index contributed by atoms with van der Waals surface area (Å²) in [6, 6.07) is 2.20. The Morgan fingerprint density at radius 1 is 1.62 bits per heavy atom. The first-order valence-corrected chi connectivity index (χ1v) is 6.22. The Kier molecular flexibility index (Phi) is 3.06. The Balaban J connectivity index is 2.11. The van der Waals surface area contributed by atoms with Crippen LogP contribution in [0.15, 0.2) is 6.07 Å². The van der Waals surface area contributed by atoms with Crippen LogP contribution < -0.4 is 0 Å². The lowest BCUT2D eigenvalue weighted by Gasteiger charge is -2.23. The van der Waals surface area contributed by atoms with E-state index in [1.807, 2.05) is 11.7 Å². The quantitative estimate of drug-likeness (QED) is 0.850. The summed E-state index contributed by atoms with van der Waals surface area (Å²) in [5.74, 6) is 0. The molecule has 1 saturated carbocycles. The molecular formula is C13H22N2O. The summed E-state index contributed by atoms with van der Waals surface area (Å²) >= 11 is 0. The first-order valence-electron chi connectivity index (χ1n) is 6.22. The van der Waals surface area contributed by atoms with Gasteiger partial charge in [-0.2, -0.15) is 5.10 Å². The first-order chi connectivity index (χ1) is 7.52. The number of aliphatic hydroxyl groups excluding tert-OH is 1. The molecule has 1 aliphatic rings. The Hall–Kier alpha value is -0.830. The van der Waals surface area contributed by atoms with E-state index in [2.05, 4.69) is 25.0 Å². The predicted molar refractivity (Wildman–Crippen MR) is 64.3 cm³/mol. The van der Waals surface area contributed by atoms with Crippen molar-refractivity contribution < 1.29 is 5.11 Å². The van der Waals surface area contributed by atoms with Gasteiger partial charge in [0.15, 0.2) is 0 Å². The van der Waals surface area contributed by atoms with Crippen molar-refractivity contribution in [2.45, 2.75) is 52.1 Å². The number of aryl methyl sites for hydroxylation is 2. The molecule has 2 unspecified atom stereocenters. The summed E-state index contributed by atoms with van der Waals surface area (Å²) in [6.45, 7) is 4.41. The Labute approximate surface area is 97.5 Å². The average molecular weight is 222 g/mol. The summed E-state index contributed by atoms with van der Waals surface area (Å²) < 4.78 is 1.99. The largest absolute Gasteiger partial charge is 0.393 e. The lowest BCUT2D eigenvalue weighted by atomic mass is 9.83. The molecule has 2 rings (SSSR count). The fourth-order valence-corrected chi connectivity index (χ4v) is 2.80. The predicted octanol–water partition coefficient (Wildman–Crippen LogP) is 2.08. The van der Waals surface area contributed by atoms with Gasteiger partial charge < -0.3 is 5.11 Å². The molecule has 1 aromatic rings. The van der Waals surface area contributed by atoms with Crippen molar-refractivity contribution in [3.8, 4) is 0 Å². The highest BCUT2D eigenvalue weighted by atomic mass is 16.3. The minimum Gasteiger partial charge on any atom is -0.393 e. The second-order valence-corrected chi connectivity index (χ2v) is 5.49. The van der Waals surface area contributed by atoms with Crippen molar-refractivity contribution in [3.63, 3.8) is 0 Å². The molecule has 0 radical (unpaired) electrons. The van der Waals surface area contributed by atoms with Gasteiger partial charge in [0.25, 0.3) is 0 Å². The van der Waals surface area contributed by atoms with E-state index < -0.39 is 0 Å². The van der Waals surface area contributed by atoms with Crippen molar-refractivity contribution in [2.75, 3.05) is 0 Å². The van der Waals surface area contributed by atoms with Gasteiger partial charge in [0.05, 0.1) is 11.8 Å². The van der Waals surface area contributed by atoms with Gasteiger partial charge in [0.1, 0.15) is 0 Å². The van der Waals surface area contributed by atoms with Crippen LogP contribution in [-0.4, -0.2) is 21.0 Å². The molecule has 16 heavy (non-hydrogen) atoms. The molecule has 1 heterocycles. The third-order valence-electron chi connectivity index (χ3n) is 3.81. The molecule has 1 N–H and O–H groups in total.